The van der Waals surface area contributed by atoms with Crippen molar-refractivity contribution < 1.29 is 33.4 Å². The van der Waals surface area contributed by atoms with Crippen LogP contribution in [0, 0.1) is 11.3 Å². The second-order valence-corrected chi connectivity index (χ2v) is 11.6. The van der Waals surface area contributed by atoms with Gasteiger partial charge in [0.15, 0.2) is 18.1 Å². The molecular formula is C32H40N6O7. The quantitative estimate of drug-likeness (QED) is 0.395. The first-order valence-electron chi connectivity index (χ1n) is 15.4. The predicted molar refractivity (Wildman–Crippen MR) is 163 cm³/mol. The van der Waals surface area contributed by atoms with E-state index in [0.717, 1.165) is 18.4 Å². The minimum Gasteiger partial charge on any atom is -0.493 e. The number of benzene rings is 1. The molecule has 1 saturated carbocycles. The molecule has 3 heterocycles. The van der Waals surface area contributed by atoms with Gasteiger partial charge in [-0.25, -0.2) is 9.97 Å². The standard InChI is InChI=1S/C32H40N6O7/c1-3-44-30(42)32(17-22-7-8-22)18-23-9-10-25(43-2)26(16-23)45-20-28(40)33-12-15-37(13-4-6-27(39)35-21-32)29(41)24-19-38-14-5-11-34-31(38)36-24/h5,9-11,14,16,19,22H,3-4,6-8,12-13,15,17-18,20-21H2,1-2H3,(H,33,40)(H,35,39). The summed E-state index contributed by atoms with van der Waals surface area (Å²) in [5.74, 6) is 0.266. The van der Waals surface area contributed by atoms with Gasteiger partial charge >= 0.3 is 5.97 Å². The number of nitrogens with one attached hydrogen (secondary N) is 2. The third kappa shape index (κ3) is 8.08. The van der Waals surface area contributed by atoms with Gasteiger partial charge in [0, 0.05) is 51.2 Å². The highest BCUT2D eigenvalue weighted by Crippen LogP contribution is 2.43. The van der Waals surface area contributed by atoms with Crippen LogP contribution in [0.25, 0.3) is 5.78 Å². The first kappa shape index (κ1) is 31.7. The number of methoxy groups -OCH3 is 1. The maximum atomic E-state index is 13.6. The normalized spacial score (nSPS) is 20.3. The van der Waals surface area contributed by atoms with Crippen LogP contribution in [-0.2, 0) is 25.5 Å². The number of nitrogens with zero attached hydrogens (tertiary/aromatic N) is 4. The molecule has 3 aromatic rings. The van der Waals surface area contributed by atoms with E-state index in [1.807, 2.05) is 6.07 Å². The number of rotatable bonds is 6. The summed E-state index contributed by atoms with van der Waals surface area (Å²) in [7, 11) is 1.51. The average Bonchev–Trinajstić information content (AvgIpc) is 3.74. The Morgan fingerprint density at radius 2 is 2.00 bits per heavy atom. The molecular weight excluding hydrogens is 580 g/mol. The third-order valence-corrected chi connectivity index (χ3v) is 8.12. The number of hydrogen-bond donors (Lipinski definition) is 2. The van der Waals surface area contributed by atoms with Crippen molar-refractivity contribution >= 4 is 29.5 Å². The van der Waals surface area contributed by atoms with Crippen LogP contribution in [0.5, 0.6) is 11.5 Å². The van der Waals surface area contributed by atoms with E-state index in [0.29, 0.717) is 42.5 Å². The molecule has 1 atom stereocenters. The van der Waals surface area contributed by atoms with Gasteiger partial charge in [0.25, 0.3) is 11.8 Å². The Balaban J connectivity index is 1.39. The largest absolute Gasteiger partial charge is 0.493 e. The second-order valence-electron chi connectivity index (χ2n) is 11.6. The van der Waals surface area contributed by atoms with Gasteiger partial charge in [-0.05, 0) is 55.9 Å². The highest BCUT2D eigenvalue weighted by molar-refractivity contribution is 5.93. The van der Waals surface area contributed by atoms with Gasteiger partial charge in [0.1, 0.15) is 5.69 Å². The molecule has 45 heavy (non-hydrogen) atoms. The smallest absolute Gasteiger partial charge is 0.314 e. The van der Waals surface area contributed by atoms with Crippen LogP contribution in [0.2, 0.25) is 0 Å². The minimum atomic E-state index is -0.985. The highest BCUT2D eigenvalue weighted by atomic mass is 16.5. The molecule has 0 saturated heterocycles. The molecule has 2 aliphatic rings. The summed E-state index contributed by atoms with van der Waals surface area (Å²) < 4.78 is 18.6. The number of ether oxygens (including phenoxy) is 3. The number of carbonyl (C=O) groups excluding carboxylic acids is 4. The van der Waals surface area contributed by atoms with Crippen LogP contribution in [0.3, 0.4) is 0 Å². The van der Waals surface area contributed by atoms with Gasteiger partial charge in [-0.1, -0.05) is 18.9 Å². The number of imidazole rings is 1. The van der Waals surface area contributed by atoms with E-state index in [-0.39, 0.29) is 75.2 Å². The number of aromatic nitrogens is 3. The lowest BCUT2D eigenvalue weighted by Gasteiger charge is -2.32. The number of carbonyl (C=O) groups is 4. The number of esters is 1. The Morgan fingerprint density at radius 1 is 1.16 bits per heavy atom. The Morgan fingerprint density at radius 3 is 2.76 bits per heavy atom. The van der Waals surface area contributed by atoms with Crippen LogP contribution >= 0.6 is 0 Å². The summed E-state index contributed by atoms with van der Waals surface area (Å²) in [5, 5.41) is 5.80. The second kappa shape index (κ2) is 14.4. The fourth-order valence-electron chi connectivity index (χ4n) is 5.65. The summed E-state index contributed by atoms with van der Waals surface area (Å²) in [4.78, 5) is 63.0. The molecule has 2 bridgehead atoms. The van der Waals surface area contributed by atoms with Crippen molar-refractivity contribution in [3.8, 4) is 11.5 Å². The van der Waals surface area contributed by atoms with Gasteiger partial charge < -0.3 is 29.7 Å². The first-order chi connectivity index (χ1) is 21.8. The van der Waals surface area contributed by atoms with E-state index < -0.39 is 5.41 Å². The first-order valence-corrected chi connectivity index (χ1v) is 15.4. The molecule has 1 aromatic carbocycles. The highest BCUT2D eigenvalue weighted by Gasteiger charge is 2.44. The maximum Gasteiger partial charge on any atom is 0.314 e. The van der Waals surface area contributed by atoms with Gasteiger partial charge in [0.05, 0.1) is 19.1 Å². The lowest BCUT2D eigenvalue weighted by atomic mass is 9.76. The predicted octanol–water partition coefficient (Wildman–Crippen LogP) is 2.18. The molecule has 3 amide bonds. The molecule has 13 nitrogen and oxygen atoms in total. The van der Waals surface area contributed by atoms with Crippen molar-refractivity contribution in [1.82, 2.24) is 29.9 Å². The molecule has 5 rings (SSSR count). The molecule has 0 radical (unpaired) electrons. The summed E-state index contributed by atoms with van der Waals surface area (Å²) in [6.45, 7) is 2.45. The monoisotopic (exact) mass is 620 g/mol. The third-order valence-electron chi connectivity index (χ3n) is 8.12. The van der Waals surface area contributed by atoms with Gasteiger partial charge in [-0.15, -0.1) is 0 Å². The zero-order valence-corrected chi connectivity index (χ0v) is 25.8. The van der Waals surface area contributed by atoms with E-state index >= 15 is 0 Å². The number of fused-ring (bicyclic) bond motifs is 3. The van der Waals surface area contributed by atoms with E-state index in [1.165, 1.54) is 7.11 Å². The Labute approximate surface area is 261 Å². The van der Waals surface area contributed by atoms with Gasteiger partial charge in [-0.2, -0.15) is 0 Å². The van der Waals surface area contributed by atoms with Crippen LogP contribution in [0.4, 0.5) is 0 Å². The molecule has 1 unspecified atom stereocenters. The topological polar surface area (TPSA) is 153 Å². The Hall–Kier alpha value is -4.68. The zero-order chi connectivity index (χ0) is 31.8. The molecule has 0 spiro atoms. The summed E-state index contributed by atoms with van der Waals surface area (Å²) in [6.07, 6.45) is 8.39. The molecule has 2 aromatic heterocycles. The molecule has 2 N–H and O–H groups in total. The molecule has 1 fully saturated rings. The van der Waals surface area contributed by atoms with Crippen molar-refractivity contribution in [2.24, 2.45) is 11.3 Å². The SMILES string of the molecule is CCOC(=O)C1(CC2CC2)CNC(=O)CCCN(C(=O)c2cn3cccnc3n2)CCNC(=O)COc2cc(ccc2OC)C1. The van der Waals surface area contributed by atoms with Gasteiger partial charge in [-0.3, -0.25) is 23.6 Å². The summed E-state index contributed by atoms with van der Waals surface area (Å²) >= 11 is 0. The number of amides is 3. The van der Waals surface area contributed by atoms with Crippen LogP contribution < -0.4 is 20.1 Å². The van der Waals surface area contributed by atoms with Crippen molar-refractivity contribution in [1.29, 1.82) is 0 Å². The van der Waals surface area contributed by atoms with E-state index in [2.05, 4.69) is 20.6 Å². The Kier molecular flexibility index (Phi) is 10.2. The van der Waals surface area contributed by atoms with Crippen LogP contribution in [0.15, 0.2) is 42.9 Å². The lowest BCUT2D eigenvalue weighted by molar-refractivity contribution is -0.156. The van der Waals surface area contributed by atoms with Crippen LogP contribution in [-0.4, -0.2) is 89.5 Å². The molecule has 13 heteroatoms. The lowest BCUT2D eigenvalue weighted by Crippen LogP contribution is -2.46. The van der Waals surface area contributed by atoms with Crippen molar-refractivity contribution in [3.63, 3.8) is 0 Å². The zero-order valence-electron chi connectivity index (χ0n) is 25.8. The summed E-state index contributed by atoms with van der Waals surface area (Å²) in [6, 6.07) is 7.10. The number of hydrogen-bond acceptors (Lipinski definition) is 9. The molecule has 1 aliphatic heterocycles. The van der Waals surface area contributed by atoms with E-state index in [9.17, 15) is 19.2 Å². The Bertz CT molecular complexity index is 1500. The fourth-order valence-corrected chi connectivity index (χ4v) is 5.65. The maximum absolute atomic E-state index is 13.6. The molecule has 1 aliphatic carbocycles. The van der Waals surface area contributed by atoms with Crippen molar-refractivity contribution in [2.75, 3.05) is 46.5 Å². The van der Waals surface area contributed by atoms with E-state index in [1.54, 1.807) is 53.0 Å². The van der Waals surface area contributed by atoms with Crippen molar-refractivity contribution in [3.05, 3.63) is 54.1 Å². The van der Waals surface area contributed by atoms with Crippen molar-refractivity contribution in [2.45, 2.75) is 45.4 Å². The fraction of sp³-hybridized carbons (Fsp3) is 0.500. The molecule has 240 valence electrons. The average molecular weight is 621 g/mol. The van der Waals surface area contributed by atoms with Gasteiger partial charge in [0.2, 0.25) is 11.7 Å². The van der Waals surface area contributed by atoms with Crippen LogP contribution in [0.1, 0.15) is 55.1 Å². The summed E-state index contributed by atoms with van der Waals surface area (Å²) in [5.41, 5.74) is 0.0218. The van der Waals surface area contributed by atoms with E-state index in [4.69, 9.17) is 14.2 Å². The minimum absolute atomic E-state index is 0.114.